The van der Waals surface area contributed by atoms with Gasteiger partial charge in [0.05, 0.1) is 12.5 Å². The number of unbranched alkanes of at least 4 members (excludes halogenated alkanes) is 2. The van der Waals surface area contributed by atoms with Crippen LogP contribution in [0.15, 0.2) is 28.7 Å². The summed E-state index contributed by atoms with van der Waals surface area (Å²) in [4.78, 5) is 26.4. The highest BCUT2D eigenvalue weighted by Crippen LogP contribution is 2.24. The van der Waals surface area contributed by atoms with E-state index in [1.165, 1.54) is 0 Å². The molecular formula is C23H33N5O5. The minimum atomic E-state index is -0.226. The van der Waals surface area contributed by atoms with Crippen molar-refractivity contribution < 1.29 is 24.0 Å². The van der Waals surface area contributed by atoms with Gasteiger partial charge in [-0.05, 0) is 30.7 Å². The zero-order valence-corrected chi connectivity index (χ0v) is 19.4. The molecule has 1 N–H and O–H groups in total. The second-order valence-electron chi connectivity index (χ2n) is 8.23. The molecule has 1 aliphatic rings. The lowest BCUT2D eigenvalue weighted by Crippen LogP contribution is -2.48. The molecule has 0 unspecified atom stereocenters. The van der Waals surface area contributed by atoms with E-state index in [0.29, 0.717) is 29.0 Å². The largest absolute Gasteiger partial charge is 0.484 e. The summed E-state index contributed by atoms with van der Waals surface area (Å²) in [7, 11) is 0. The van der Waals surface area contributed by atoms with Crippen molar-refractivity contribution in [3.63, 3.8) is 0 Å². The number of rotatable bonds is 12. The zero-order valence-electron chi connectivity index (χ0n) is 19.4. The van der Waals surface area contributed by atoms with Crippen LogP contribution in [-0.2, 0) is 16.2 Å². The number of anilines is 1. The first-order valence-electron chi connectivity index (χ1n) is 11.5. The van der Waals surface area contributed by atoms with Crippen molar-refractivity contribution in [3.05, 3.63) is 36.0 Å². The summed E-state index contributed by atoms with van der Waals surface area (Å²) in [5.41, 5.74) is 1.09. The maximum absolute atomic E-state index is 11.5. The summed E-state index contributed by atoms with van der Waals surface area (Å²) < 4.78 is 11.5. The SMILES string of the molecule is CCCCC[C@H](CN(O)C=O)c1nnc(COc2ccc(N3CCN(C(C)=O)CC3)cc2)o1. The summed E-state index contributed by atoms with van der Waals surface area (Å²) in [6.45, 7) is 7.02. The van der Waals surface area contributed by atoms with E-state index in [1.807, 2.05) is 29.2 Å². The highest BCUT2D eigenvalue weighted by Gasteiger charge is 2.22. The predicted octanol–water partition coefficient (Wildman–Crippen LogP) is 2.83. The first-order valence-corrected chi connectivity index (χ1v) is 11.5. The summed E-state index contributed by atoms with van der Waals surface area (Å²) >= 11 is 0. The topological polar surface area (TPSA) is 112 Å². The first-order chi connectivity index (χ1) is 16.0. The Morgan fingerprint density at radius 2 is 1.94 bits per heavy atom. The van der Waals surface area contributed by atoms with E-state index in [1.54, 1.807) is 6.92 Å². The molecule has 0 aliphatic carbocycles. The fraction of sp³-hybridized carbons (Fsp3) is 0.565. The molecule has 3 rings (SSSR count). The molecule has 2 heterocycles. The van der Waals surface area contributed by atoms with Crippen LogP contribution in [0, 0.1) is 0 Å². The van der Waals surface area contributed by atoms with Crippen LogP contribution in [-0.4, -0.2) is 70.4 Å². The van der Waals surface area contributed by atoms with Gasteiger partial charge >= 0.3 is 0 Å². The van der Waals surface area contributed by atoms with Gasteiger partial charge < -0.3 is 19.0 Å². The van der Waals surface area contributed by atoms with Crippen LogP contribution in [0.2, 0.25) is 0 Å². The molecule has 33 heavy (non-hydrogen) atoms. The van der Waals surface area contributed by atoms with Crippen LogP contribution in [0.3, 0.4) is 0 Å². The third kappa shape index (κ3) is 7.18. The Hall–Kier alpha value is -3.14. The van der Waals surface area contributed by atoms with E-state index in [0.717, 1.165) is 57.5 Å². The van der Waals surface area contributed by atoms with Crippen LogP contribution in [0.4, 0.5) is 5.69 Å². The molecule has 10 heteroatoms. The molecule has 1 aliphatic heterocycles. The van der Waals surface area contributed by atoms with Gasteiger partial charge in [0.1, 0.15) is 5.75 Å². The molecule has 0 bridgehead atoms. The van der Waals surface area contributed by atoms with Crippen molar-refractivity contribution in [3.8, 4) is 5.75 Å². The van der Waals surface area contributed by atoms with Crippen molar-refractivity contribution >= 4 is 18.0 Å². The number of hydroxylamine groups is 2. The normalized spacial score (nSPS) is 14.8. The Bertz CT molecular complexity index is 880. The fourth-order valence-corrected chi connectivity index (χ4v) is 3.87. The summed E-state index contributed by atoms with van der Waals surface area (Å²) in [6.07, 6.45) is 4.18. The zero-order chi connectivity index (χ0) is 23.6. The third-order valence-electron chi connectivity index (χ3n) is 5.81. The molecule has 0 saturated carbocycles. The van der Waals surface area contributed by atoms with Crippen molar-refractivity contribution in [1.82, 2.24) is 20.2 Å². The fourth-order valence-electron chi connectivity index (χ4n) is 3.87. The molecule has 2 aromatic rings. The number of piperazine rings is 1. The van der Waals surface area contributed by atoms with Crippen LogP contribution in [0.25, 0.3) is 0 Å². The number of benzene rings is 1. The van der Waals surface area contributed by atoms with Crippen LogP contribution >= 0.6 is 0 Å². The molecule has 10 nitrogen and oxygen atoms in total. The highest BCUT2D eigenvalue weighted by atomic mass is 16.5. The molecule has 1 atom stereocenters. The van der Waals surface area contributed by atoms with E-state index in [-0.39, 0.29) is 25.0 Å². The van der Waals surface area contributed by atoms with E-state index < -0.39 is 0 Å². The average Bonchev–Trinajstić information content (AvgIpc) is 3.31. The van der Waals surface area contributed by atoms with Gasteiger partial charge in [0.15, 0.2) is 6.61 Å². The summed E-state index contributed by atoms with van der Waals surface area (Å²) in [5, 5.41) is 18.4. The molecular weight excluding hydrogens is 426 g/mol. The van der Waals surface area contributed by atoms with Gasteiger partial charge in [-0.2, -0.15) is 0 Å². The lowest BCUT2D eigenvalue weighted by molar-refractivity contribution is -0.151. The Morgan fingerprint density at radius 3 is 2.58 bits per heavy atom. The van der Waals surface area contributed by atoms with Crippen molar-refractivity contribution in [2.75, 3.05) is 37.6 Å². The minimum Gasteiger partial charge on any atom is -0.484 e. The number of nitrogens with zero attached hydrogens (tertiary/aromatic N) is 5. The molecule has 0 radical (unpaired) electrons. The Balaban J connectivity index is 1.52. The summed E-state index contributed by atoms with van der Waals surface area (Å²) in [5.74, 6) is 1.31. The van der Waals surface area contributed by atoms with Crippen molar-refractivity contribution in [1.29, 1.82) is 0 Å². The molecule has 1 fully saturated rings. The van der Waals surface area contributed by atoms with Gasteiger partial charge in [-0.1, -0.05) is 26.2 Å². The molecule has 1 aromatic carbocycles. The van der Waals surface area contributed by atoms with E-state index in [4.69, 9.17) is 9.15 Å². The molecule has 0 spiro atoms. The molecule has 1 saturated heterocycles. The molecule has 180 valence electrons. The maximum Gasteiger partial charge on any atom is 0.253 e. The highest BCUT2D eigenvalue weighted by molar-refractivity contribution is 5.73. The number of carbonyl (C=O) groups is 2. The number of amides is 2. The Labute approximate surface area is 194 Å². The maximum atomic E-state index is 11.5. The Kier molecular flexibility index (Phi) is 9.05. The Morgan fingerprint density at radius 1 is 1.21 bits per heavy atom. The quantitative estimate of drug-likeness (QED) is 0.223. The van der Waals surface area contributed by atoms with Crippen LogP contribution < -0.4 is 9.64 Å². The van der Waals surface area contributed by atoms with E-state index in [2.05, 4.69) is 22.0 Å². The van der Waals surface area contributed by atoms with Gasteiger partial charge in [0, 0.05) is 38.8 Å². The third-order valence-corrected chi connectivity index (χ3v) is 5.81. The number of hydrogen-bond donors (Lipinski definition) is 1. The standard InChI is InChI=1S/C23H33N5O5/c1-3-4-5-6-19(15-28(31)17-29)23-25-24-22(33-23)16-32-21-9-7-20(8-10-21)27-13-11-26(12-14-27)18(2)30/h7-10,17,19,31H,3-6,11-16H2,1-2H3/t19-/m1/s1. The van der Waals surface area contributed by atoms with Gasteiger partial charge in [-0.25, -0.2) is 5.06 Å². The summed E-state index contributed by atoms with van der Waals surface area (Å²) in [6, 6.07) is 7.78. The number of carbonyl (C=O) groups excluding carboxylic acids is 2. The van der Waals surface area contributed by atoms with Gasteiger partial charge in [-0.15, -0.1) is 10.2 Å². The molecule has 1 aromatic heterocycles. The number of hydrogen-bond acceptors (Lipinski definition) is 8. The van der Waals surface area contributed by atoms with Crippen LogP contribution in [0.5, 0.6) is 5.75 Å². The predicted molar refractivity (Wildman–Crippen MR) is 121 cm³/mol. The van der Waals surface area contributed by atoms with E-state index in [9.17, 15) is 14.8 Å². The van der Waals surface area contributed by atoms with E-state index >= 15 is 0 Å². The molecule has 2 amide bonds. The van der Waals surface area contributed by atoms with Gasteiger partial charge in [0.25, 0.3) is 5.89 Å². The van der Waals surface area contributed by atoms with Crippen LogP contribution in [0.1, 0.15) is 57.2 Å². The second-order valence-corrected chi connectivity index (χ2v) is 8.23. The second kappa shape index (κ2) is 12.2. The van der Waals surface area contributed by atoms with Gasteiger partial charge in [0.2, 0.25) is 18.2 Å². The van der Waals surface area contributed by atoms with Gasteiger partial charge in [-0.3, -0.25) is 14.8 Å². The smallest absolute Gasteiger partial charge is 0.253 e. The minimum absolute atomic E-state index is 0.109. The lowest BCUT2D eigenvalue weighted by Gasteiger charge is -2.35. The number of ether oxygens (including phenoxy) is 1. The van der Waals surface area contributed by atoms with Crippen molar-refractivity contribution in [2.45, 2.75) is 52.1 Å². The monoisotopic (exact) mass is 459 g/mol. The van der Waals surface area contributed by atoms with Crippen molar-refractivity contribution in [2.24, 2.45) is 0 Å². The first kappa shape index (κ1) is 24.5. The number of aromatic nitrogens is 2. The average molecular weight is 460 g/mol. The lowest BCUT2D eigenvalue weighted by atomic mass is 10.0.